The van der Waals surface area contributed by atoms with Gasteiger partial charge in [0.05, 0.1) is 12.7 Å². The number of nitrogens with zero attached hydrogens (tertiary/aromatic N) is 2. The second kappa shape index (κ2) is 6.58. The van der Waals surface area contributed by atoms with E-state index in [2.05, 4.69) is 24.0 Å². The number of hydrogen-bond donors (Lipinski definition) is 0. The number of ether oxygens (including phenoxy) is 1. The maximum absolute atomic E-state index is 9.10. The van der Waals surface area contributed by atoms with Gasteiger partial charge >= 0.3 is 0 Å². The molecule has 1 heterocycles. The Bertz CT molecular complexity index is 456. The monoisotopic (exact) mass is 258 g/mol. The highest BCUT2D eigenvalue weighted by Crippen LogP contribution is 2.23. The summed E-state index contributed by atoms with van der Waals surface area (Å²) < 4.78 is 5.17. The van der Waals surface area contributed by atoms with Crippen LogP contribution in [0.1, 0.15) is 37.3 Å². The second-order valence-corrected chi connectivity index (χ2v) is 5.27. The molecule has 0 aromatic heterocycles. The van der Waals surface area contributed by atoms with Crippen molar-refractivity contribution in [2.24, 2.45) is 5.92 Å². The third kappa shape index (κ3) is 3.48. The van der Waals surface area contributed by atoms with Crippen molar-refractivity contribution < 1.29 is 4.74 Å². The summed E-state index contributed by atoms with van der Waals surface area (Å²) in [6.07, 6.45) is 3.91. The molecule has 19 heavy (non-hydrogen) atoms. The summed E-state index contributed by atoms with van der Waals surface area (Å²) in [5.41, 5.74) is 1.83. The molecule has 102 valence electrons. The van der Waals surface area contributed by atoms with E-state index in [-0.39, 0.29) is 0 Å². The van der Waals surface area contributed by atoms with Crippen LogP contribution in [0.3, 0.4) is 0 Å². The summed E-state index contributed by atoms with van der Waals surface area (Å²) in [6, 6.07) is 8.10. The van der Waals surface area contributed by atoms with Crippen LogP contribution in [0.5, 0.6) is 5.75 Å². The van der Waals surface area contributed by atoms with Crippen LogP contribution in [0.25, 0.3) is 0 Å². The summed E-state index contributed by atoms with van der Waals surface area (Å²) in [4.78, 5) is 2.48. The zero-order chi connectivity index (χ0) is 13.7. The summed E-state index contributed by atoms with van der Waals surface area (Å²) in [5, 5.41) is 9.10. The topological polar surface area (TPSA) is 36.3 Å². The van der Waals surface area contributed by atoms with Gasteiger partial charge < -0.3 is 4.74 Å². The Balaban J connectivity index is 1.98. The third-order valence-electron chi connectivity index (χ3n) is 4.08. The summed E-state index contributed by atoms with van der Waals surface area (Å²) >= 11 is 0. The first-order valence-electron chi connectivity index (χ1n) is 7.06. The van der Waals surface area contributed by atoms with Crippen LogP contribution in [0.2, 0.25) is 0 Å². The quantitative estimate of drug-likeness (QED) is 0.832. The molecule has 1 aromatic carbocycles. The van der Waals surface area contributed by atoms with Gasteiger partial charge in [0.25, 0.3) is 0 Å². The fraction of sp³-hybridized carbons (Fsp3) is 0.562. The lowest BCUT2D eigenvalue weighted by molar-refractivity contribution is 0.175. The number of piperidine rings is 1. The van der Waals surface area contributed by atoms with Gasteiger partial charge in [0.2, 0.25) is 0 Å². The number of hydrogen-bond acceptors (Lipinski definition) is 3. The molecule has 1 aromatic rings. The fourth-order valence-corrected chi connectivity index (χ4v) is 2.75. The largest absolute Gasteiger partial charge is 0.495 e. The zero-order valence-electron chi connectivity index (χ0n) is 11.9. The Labute approximate surface area is 115 Å². The SMILES string of the molecule is CCC1CCN(Cc2ccc(OC)c(C#N)c2)CC1. The maximum Gasteiger partial charge on any atom is 0.136 e. The lowest BCUT2D eigenvalue weighted by Gasteiger charge is -2.31. The molecule has 1 aliphatic rings. The van der Waals surface area contributed by atoms with Crippen molar-refractivity contribution in [1.82, 2.24) is 4.90 Å². The highest BCUT2D eigenvalue weighted by Gasteiger charge is 2.18. The first-order valence-corrected chi connectivity index (χ1v) is 7.06. The minimum Gasteiger partial charge on any atom is -0.495 e. The Kier molecular flexibility index (Phi) is 4.81. The van der Waals surface area contributed by atoms with Crippen LogP contribution >= 0.6 is 0 Å². The molecule has 0 spiro atoms. The van der Waals surface area contributed by atoms with E-state index in [9.17, 15) is 0 Å². The first-order chi connectivity index (χ1) is 9.26. The minimum absolute atomic E-state index is 0.628. The van der Waals surface area contributed by atoms with Gasteiger partial charge in [0.15, 0.2) is 0 Å². The second-order valence-electron chi connectivity index (χ2n) is 5.27. The van der Waals surface area contributed by atoms with Gasteiger partial charge in [-0.15, -0.1) is 0 Å². The molecule has 0 atom stereocenters. The summed E-state index contributed by atoms with van der Waals surface area (Å²) in [6.45, 7) is 5.57. The number of rotatable bonds is 4. The van der Waals surface area contributed by atoms with E-state index in [1.54, 1.807) is 7.11 Å². The van der Waals surface area contributed by atoms with Gasteiger partial charge in [-0.1, -0.05) is 19.4 Å². The van der Waals surface area contributed by atoms with Crippen LogP contribution in [0.4, 0.5) is 0 Å². The van der Waals surface area contributed by atoms with Gasteiger partial charge in [-0.25, -0.2) is 0 Å². The van der Waals surface area contributed by atoms with Crippen molar-refractivity contribution in [2.45, 2.75) is 32.7 Å². The lowest BCUT2D eigenvalue weighted by atomic mass is 9.94. The molecule has 0 saturated carbocycles. The number of benzene rings is 1. The predicted molar refractivity (Wildman–Crippen MR) is 76.0 cm³/mol. The zero-order valence-corrected chi connectivity index (χ0v) is 11.9. The summed E-state index contributed by atoms with van der Waals surface area (Å²) in [5.74, 6) is 1.57. The molecule has 1 fully saturated rings. The average molecular weight is 258 g/mol. The van der Waals surface area contributed by atoms with Crippen molar-refractivity contribution in [3.05, 3.63) is 29.3 Å². The predicted octanol–water partition coefficient (Wildman–Crippen LogP) is 3.19. The molecule has 0 unspecified atom stereocenters. The van der Waals surface area contributed by atoms with Gasteiger partial charge in [-0.05, 0) is 49.5 Å². The number of likely N-dealkylation sites (tertiary alicyclic amines) is 1. The standard InChI is InChI=1S/C16H22N2O/c1-3-13-6-8-18(9-7-13)12-14-4-5-16(19-2)15(10-14)11-17/h4-5,10,13H,3,6-9,12H2,1-2H3. The molecule has 0 bridgehead atoms. The smallest absolute Gasteiger partial charge is 0.136 e. The number of nitriles is 1. The van der Waals surface area contributed by atoms with Crippen molar-refractivity contribution in [1.29, 1.82) is 5.26 Å². The van der Waals surface area contributed by atoms with E-state index in [1.807, 2.05) is 12.1 Å². The first kappa shape index (κ1) is 13.9. The molecule has 0 aliphatic carbocycles. The third-order valence-corrected chi connectivity index (χ3v) is 4.08. The fourth-order valence-electron chi connectivity index (χ4n) is 2.75. The Hall–Kier alpha value is -1.53. The Morgan fingerprint density at radius 2 is 2.11 bits per heavy atom. The highest BCUT2D eigenvalue weighted by molar-refractivity contribution is 5.45. The average Bonchev–Trinajstić information content (AvgIpc) is 2.48. The lowest BCUT2D eigenvalue weighted by Crippen LogP contribution is -2.33. The van der Waals surface area contributed by atoms with Crippen LogP contribution in [0, 0.1) is 17.2 Å². The molecule has 2 rings (SSSR count). The van der Waals surface area contributed by atoms with Crippen molar-refractivity contribution >= 4 is 0 Å². The van der Waals surface area contributed by atoms with Crippen molar-refractivity contribution in [2.75, 3.05) is 20.2 Å². The van der Waals surface area contributed by atoms with Crippen molar-refractivity contribution in [3.63, 3.8) is 0 Å². The molecule has 0 amide bonds. The van der Waals surface area contributed by atoms with Gasteiger partial charge in [0.1, 0.15) is 11.8 Å². The van der Waals surface area contributed by atoms with Gasteiger partial charge in [-0.3, -0.25) is 4.90 Å². The minimum atomic E-state index is 0.628. The maximum atomic E-state index is 9.10. The molecular formula is C16H22N2O. The van der Waals surface area contributed by atoms with Crippen molar-refractivity contribution in [3.8, 4) is 11.8 Å². The molecule has 3 heteroatoms. The molecule has 0 N–H and O–H groups in total. The normalized spacial score (nSPS) is 17.1. The number of methoxy groups -OCH3 is 1. The van der Waals surface area contributed by atoms with E-state index in [4.69, 9.17) is 10.00 Å². The van der Waals surface area contributed by atoms with E-state index in [0.29, 0.717) is 11.3 Å². The molecule has 1 saturated heterocycles. The van der Waals surface area contributed by atoms with Gasteiger partial charge in [-0.2, -0.15) is 5.26 Å². The summed E-state index contributed by atoms with van der Waals surface area (Å²) in [7, 11) is 1.60. The molecule has 1 aliphatic heterocycles. The molecule has 0 radical (unpaired) electrons. The molecule has 3 nitrogen and oxygen atoms in total. The Morgan fingerprint density at radius 1 is 1.37 bits per heavy atom. The Morgan fingerprint density at radius 3 is 2.68 bits per heavy atom. The van der Waals surface area contributed by atoms with E-state index >= 15 is 0 Å². The highest BCUT2D eigenvalue weighted by atomic mass is 16.5. The van der Waals surface area contributed by atoms with Crippen LogP contribution in [-0.4, -0.2) is 25.1 Å². The van der Waals surface area contributed by atoms with E-state index < -0.39 is 0 Å². The van der Waals surface area contributed by atoms with Gasteiger partial charge in [0, 0.05) is 6.54 Å². The van der Waals surface area contributed by atoms with Crippen LogP contribution in [0.15, 0.2) is 18.2 Å². The molecular weight excluding hydrogens is 236 g/mol. The van der Waals surface area contributed by atoms with E-state index in [1.165, 1.54) is 37.9 Å². The van der Waals surface area contributed by atoms with Crippen LogP contribution in [-0.2, 0) is 6.54 Å². The van der Waals surface area contributed by atoms with E-state index in [0.717, 1.165) is 12.5 Å². The van der Waals surface area contributed by atoms with Crippen LogP contribution < -0.4 is 4.74 Å².